The molecule has 0 unspecified atom stereocenters. The lowest BCUT2D eigenvalue weighted by molar-refractivity contribution is -0.153. The summed E-state index contributed by atoms with van der Waals surface area (Å²) in [6.45, 7) is 6.90. The Morgan fingerprint density at radius 1 is 1.03 bits per heavy atom. The number of aromatic nitrogens is 1. The first-order valence-corrected chi connectivity index (χ1v) is 13.7. The van der Waals surface area contributed by atoms with Crippen LogP contribution in [0.1, 0.15) is 27.2 Å². The molecule has 0 aliphatic rings. The van der Waals surface area contributed by atoms with Gasteiger partial charge < -0.3 is 13.9 Å². The summed E-state index contributed by atoms with van der Waals surface area (Å²) in [5, 5.41) is 0.786. The second kappa shape index (κ2) is 12.9. The normalized spacial score (nSPS) is 11.5. The molecular weight excluding hydrogens is 470 g/mol. The Bertz CT molecular complexity index is 1130. The molecule has 0 saturated carbocycles. The van der Waals surface area contributed by atoms with E-state index in [1.165, 1.54) is 0 Å². The Hall–Kier alpha value is -2.45. The summed E-state index contributed by atoms with van der Waals surface area (Å²) in [5.41, 5.74) is 0.818. The molecular formula is C26H31NO5S2. The summed E-state index contributed by atoms with van der Waals surface area (Å²) in [6, 6.07) is 12.9. The molecule has 0 fully saturated rings. The van der Waals surface area contributed by atoms with Gasteiger partial charge in [0.25, 0.3) is 0 Å². The zero-order valence-corrected chi connectivity index (χ0v) is 21.5. The van der Waals surface area contributed by atoms with Crippen molar-refractivity contribution in [3.63, 3.8) is 0 Å². The van der Waals surface area contributed by atoms with Gasteiger partial charge in [-0.3, -0.25) is 4.79 Å². The molecule has 0 atom stereocenters. The maximum atomic E-state index is 12.3. The summed E-state index contributed by atoms with van der Waals surface area (Å²) < 4.78 is 16.5. The Kier molecular flexibility index (Phi) is 9.89. The minimum absolute atomic E-state index is 0.117. The fourth-order valence-electron chi connectivity index (χ4n) is 2.96. The van der Waals surface area contributed by atoms with Crippen LogP contribution in [0.25, 0.3) is 22.2 Å². The summed E-state index contributed by atoms with van der Waals surface area (Å²) in [6.07, 6.45) is 2.38. The van der Waals surface area contributed by atoms with Crippen LogP contribution >= 0.6 is 23.5 Å². The van der Waals surface area contributed by atoms with Crippen molar-refractivity contribution in [2.24, 2.45) is 5.41 Å². The predicted molar refractivity (Wildman–Crippen MR) is 141 cm³/mol. The lowest BCUT2D eigenvalue weighted by Gasteiger charge is -2.20. The highest BCUT2D eigenvalue weighted by Crippen LogP contribution is 2.23. The zero-order valence-electron chi connectivity index (χ0n) is 19.9. The van der Waals surface area contributed by atoms with Gasteiger partial charge in [-0.1, -0.05) is 19.1 Å². The average Bonchev–Trinajstić information content (AvgIpc) is 2.85. The molecule has 0 aliphatic carbocycles. The Balaban J connectivity index is 1.31. The second-order valence-corrected chi connectivity index (χ2v) is 10.8. The van der Waals surface area contributed by atoms with Crippen molar-refractivity contribution in [3.05, 3.63) is 59.1 Å². The van der Waals surface area contributed by atoms with Gasteiger partial charge in [-0.2, -0.15) is 23.5 Å². The fraction of sp³-hybridized carbons (Fsp3) is 0.423. The first-order valence-electron chi connectivity index (χ1n) is 11.4. The average molecular weight is 502 g/mol. The molecule has 3 rings (SSSR count). The van der Waals surface area contributed by atoms with Crippen LogP contribution in [0, 0.1) is 5.41 Å². The highest BCUT2D eigenvalue weighted by Gasteiger charge is 2.26. The number of hydrogen-bond donors (Lipinski definition) is 0. The third-order valence-electron chi connectivity index (χ3n) is 5.44. The van der Waals surface area contributed by atoms with E-state index in [2.05, 4.69) is 4.98 Å². The fourth-order valence-corrected chi connectivity index (χ4v) is 4.71. The van der Waals surface area contributed by atoms with Crippen molar-refractivity contribution in [2.45, 2.75) is 27.2 Å². The van der Waals surface area contributed by atoms with Crippen LogP contribution < -0.4 is 10.4 Å². The monoisotopic (exact) mass is 501 g/mol. The lowest BCUT2D eigenvalue weighted by atomic mass is 9.91. The molecule has 1 aromatic carbocycles. The van der Waals surface area contributed by atoms with E-state index in [4.69, 9.17) is 13.9 Å². The van der Waals surface area contributed by atoms with Gasteiger partial charge in [-0.05, 0) is 56.2 Å². The number of carbonyl (C=O) groups is 1. The molecule has 34 heavy (non-hydrogen) atoms. The third kappa shape index (κ3) is 7.53. The Labute approximate surface area is 208 Å². The highest BCUT2D eigenvalue weighted by atomic mass is 32.2. The van der Waals surface area contributed by atoms with Crippen LogP contribution in [-0.2, 0) is 9.53 Å². The van der Waals surface area contributed by atoms with Crippen molar-refractivity contribution < 1.29 is 18.7 Å². The third-order valence-corrected chi connectivity index (χ3v) is 7.60. The molecule has 0 N–H and O–H groups in total. The van der Waals surface area contributed by atoms with E-state index < -0.39 is 11.0 Å². The van der Waals surface area contributed by atoms with E-state index in [0.717, 1.165) is 46.1 Å². The highest BCUT2D eigenvalue weighted by molar-refractivity contribution is 8.02. The molecule has 0 saturated heterocycles. The summed E-state index contributed by atoms with van der Waals surface area (Å²) >= 11 is 3.63. The molecule has 0 bridgehead atoms. The predicted octanol–water partition coefficient (Wildman–Crippen LogP) is 5.68. The van der Waals surface area contributed by atoms with E-state index in [-0.39, 0.29) is 5.97 Å². The summed E-state index contributed by atoms with van der Waals surface area (Å²) in [4.78, 5) is 28.3. The van der Waals surface area contributed by atoms with Gasteiger partial charge in [-0.15, -0.1) is 0 Å². The minimum atomic E-state index is -0.405. The van der Waals surface area contributed by atoms with Crippen molar-refractivity contribution in [2.75, 3.05) is 36.2 Å². The van der Waals surface area contributed by atoms with Gasteiger partial charge >= 0.3 is 11.6 Å². The summed E-state index contributed by atoms with van der Waals surface area (Å²) in [7, 11) is 0. The smallest absolute Gasteiger partial charge is 0.345 e. The van der Waals surface area contributed by atoms with E-state index in [0.29, 0.717) is 24.5 Å². The molecule has 3 aromatic rings. The summed E-state index contributed by atoms with van der Waals surface area (Å²) in [5.74, 6) is 4.39. The minimum Gasteiger partial charge on any atom is -0.493 e. The van der Waals surface area contributed by atoms with Crippen LogP contribution in [0.3, 0.4) is 0 Å². The largest absolute Gasteiger partial charge is 0.493 e. The van der Waals surface area contributed by atoms with Crippen molar-refractivity contribution >= 4 is 40.6 Å². The number of carbonyl (C=O) groups excluding carboxylic acids is 1. The quantitative estimate of drug-likeness (QED) is 0.219. The van der Waals surface area contributed by atoms with Gasteiger partial charge in [0.05, 0.1) is 17.6 Å². The first-order chi connectivity index (χ1) is 16.4. The molecule has 0 amide bonds. The van der Waals surface area contributed by atoms with Gasteiger partial charge in [0, 0.05) is 34.6 Å². The molecule has 8 heteroatoms. The van der Waals surface area contributed by atoms with Crippen molar-refractivity contribution in [1.29, 1.82) is 0 Å². The van der Waals surface area contributed by atoms with E-state index >= 15 is 0 Å². The number of fused-ring (bicyclic) bond motifs is 1. The Morgan fingerprint density at radius 3 is 2.44 bits per heavy atom. The topological polar surface area (TPSA) is 78.6 Å². The number of hydrogen-bond acceptors (Lipinski definition) is 8. The van der Waals surface area contributed by atoms with Gasteiger partial charge in [0.15, 0.2) is 0 Å². The van der Waals surface area contributed by atoms with Crippen molar-refractivity contribution in [3.8, 4) is 16.9 Å². The van der Waals surface area contributed by atoms with Gasteiger partial charge in [-0.25, -0.2) is 9.78 Å². The first kappa shape index (κ1) is 26.2. The van der Waals surface area contributed by atoms with E-state index in [1.807, 2.05) is 68.9 Å². The SMILES string of the molecule is CCC(C)(C)C(=O)OCCSCCSCCOc1ccc(-c2cc3cccnc3oc2=O)cc1. The maximum absolute atomic E-state index is 12.3. The zero-order chi connectivity index (χ0) is 24.4. The molecule has 2 heterocycles. The molecule has 0 spiro atoms. The Morgan fingerprint density at radius 2 is 1.74 bits per heavy atom. The lowest BCUT2D eigenvalue weighted by Crippen LogP contribution is -2.26. The van der Waals surface area contributed by atoms with E-state index in [9.17, 15) is 9.59 Å². The standard InChI is InChI=1S/C26H31NO5S2/c1-4-26(2,3)25(29)31-13-15-34-17-16-33-14-12-30-21-9-7-19(8-10-21)22-18-20-6-5-11-27-23(20)32-24(22)28/h5-11,18H,4,12-17H2,1-3H3. The number of pyridine rings is 1. The van der Waals surface area contributed by atoms with Crippen LogP contribution in [0.15, 0.2) is 57.9 Å². The number of esters is 1. The van der Waals surface area contributed by atoms with Crippen molar-refractivity contribution in [1.82, 2.24) is 4.98 Å². The van der Waals surface area contributed by atoms with E-state index in [1.54, 1.807) is 24.0 Å². The van der Waals surface area contributed by atoms with Crippen LogP contribution in [0.5, 0.6) is 5.75 Å². The molecule has 0 aliphatic heterocycles. The number of thioether (sulfide) groups is 2. The molecule has 6 nitrogen and oxygen atoms in total. The number of nitrogens with zero attached hydrogens (tertiary/aromatic N) is 1. The second-order valence-electron chi connectivity index (χ2n) is 8.32. The van der Waals surface area contributed by atoms with Gasteiger partial charge in [0.2, 0.25) is 5.71 Å². The van der Waals surface area contributed by atoms with Crippen LogP contribution in [-0.4, -0.2) is 47.2 Å². The number of benzene rings is 1. The van der Waals surface area contributed by atoms with Crippen LogP contribution in [0.4, 0.5) is 0 Å². The molecule has 0 radical (unpaired) electrons. The maximum Gasteiger partial charge on any atom is 0.345 e. The number of rotatable bonds is 13. The molecule has 182 valence electrons. The van der Waals surface area contributed by atoms with Crippen LogP contribution in [0.2, 0.25) is 0 Å². The van der Waals surface area contributed by atoms with Gasteiger partial charge in [0.1, 0.15) is 12.4 Å². The molecule has 2 aromatic heterocycles. The number of ether oxygens (including phenoxy) is 2.